The van der Waals surface area contributed by atoms with Crippen LogP contribution in [0, 0.1) is 0 Å². The summed E-state index contributed by atoms with van der Waals surface area (Å²) >= 11 is 0. The molecule has 4 rings (SSSR count). The van der Waals surface area contributed by atoms with Crippen LogP contribution in [0.3, 0.4) is 0 Å². The Morgan fingerprint density at radius 1 is 0.929 bits per heavy atom. The number of guanidine groups is 1. The van der Waals surface area contributed by atoms with E-state index in [1.54, 1.807) is 0 Å². The third-order valence-corrected chi connectivity index (χ3v) is 4.97. The fraction of sp³-hybridized carbons (Fsp3) is 0.333. The van der Waals surface area contributed by atoms with Crippen LogP contribution in [0.4, 0.5) is 0 Å². The second-order valence-corrected chi connectivity index (χ2v) is 6.87. The number of nitrogens with one attached hydrogen (secondary N) is 2. The Kier molecular flexibility index (Phi) is 5.32. The van der Waals surface area contributed by atoms with Gasteiger partial charge in [0, 0.05) is 24.0 Å². The van der Waals surface area contributed by atoms with Gasteiger partial charge in [-0.05, 0) is 12.1 Å². The maximum Gasteiger partial charge on any atom is 0.242 e. The number of fused-ring (bicyclic) bond motifs is 2. The first kappa shape index (κ1) is 18.2. The van der Waals surface area contributed by atoms with E-state index >= 15 is 0 Å². The lowest BCUT2D eigenvalue weighted by atomic mass is 10.0. The highest BCUT2D eigenvalue weighted by Crippen LogP contribution is 2.32. The van der Waals surface area contributed by atoms with Gasteiger partial charge < -0.3 is 25.8 Å². The summed E-state index contributed by atoms with van der Waals surface area (Å²) in [6.07, 6.45) is 1.53. The van der Waals surface area contributed by atoms with E-state index in [2.05, 4.69) is 15.6 Å². The standard InChI is InChI=1S/C21H24N4O3/c22-21(25-17-10-12-28-19-8-4-2-6-15(17)19)23-13-20(26)24-16-9-11-27-18-7-3-1-5-14(16)18/h1-8,16-17H,9-13H2,(H,24,26)(H3,22,23,25). The molecule has 0 saturated carbocycles. The molecule has 0 aromatic heterocycles. The van der Waals surface area contributed by atoms with Crippen molar-refractivity contribution in [3.63, 3.8) is 0 Å². The molecule has 0 fully saturated rings. The van der Waals surface area contributed by atoms with E-state index in [0.29, 0.717) is 13.2 Å². The van der Waals surface area contributed by atoms with Crippen LogP contribution in [0.1, 0.15) is 36.1 Å². The van der Waals surface area contributed by atoms with Gasteiger partial charge in [-0.1, -0.05) is 36.4 Å². The molecule has 0 radical (unpaired) electrons. The summed E-state index contributed by atoms with van der Waals surface area (Å²) in [7, 11) is 0. The molecule has 7 nitrogen and oxygen atoms in total. The topological polar surface area (TPSA) is 98.0 Å². The predicted octanol–water partition coefficient (Wildman–Crippen LogP) is 2.05. The lowest BCUT2D eigenvalue weighted by Crippen LogP contribution is -2.39. The molecule has 0 saturated heterocycles. The maximum absolute atomic E-state index is 12.4. The van der Waals surface area contributed by atoms with E-state index in [1.807, 2.05) is 48.5 Å². The molecule has 0 bridgehead atoms. The van der Waals surface area contributed by atoms with Gasteiger partial charge in [-0.25, -0.2) is 4.99 Å². The van der Waals surface area contributed by atoms with Gasteiger partial charge in [0.25, 0.3) is 0 Å². The summed E-state index contributed by atoms with van der Waals surface area (Å²) in [4.78, 5) is 16.6. The van der Waals surface area contributed by atoms with Crippen molar-refractivity contribution >= 4 is 11.9 Å². The Balaban J connectivity index is 1.34. The second kappa shape index (κ2) is 8.21. The smallest absolute Gasteiger partial charge is 0.242 e. The fourth-order valence-electron chi connectivity index (χ4n) is 3.61. The highest BCUT2D eigenvalue weighted by Gasteiger charge is 2.23. The largest absolute Gasteiger partial charge is 0.493 e. The normalized spacial score (nSPS) is 20.8. The molecule has 2 aromatic carbocycles. The molecule has 0 aliphatic carbocycles. The van der Waals surface area contributed by atoms with Gasteiger partial charge >= 0.3 is 0 Å². The Bertz CT molecular complexity index is 883. The van der Waals surface area contributed by atoms with Gasteiger partial charge in [0.05, 0.1) is 25.3 Å². The van der Waals surface area contributed by atoms with Gasteiger partial charge in [0.1, 0.15) is 18.0 Å². The van der Waals surface area contributed by atoms with E-state index in [4.69, 9.17) is 15.2 Å². The summed E-state index contributed by atoms with van der Waals surface area (Å²) in [5.74, 6) is 1.76. The fourth-order valence-corrected chi connectivity index (χ4v) is 3.61. The molecule has 0 spiro atoms. The first-order valence-electron chi connectivity index (χ1n) is 9.50. The molecule has 1 amide bonds. The number of carbonyl (C=O) groups is 1. The summed E-state index contributed by atoms with van der Waals surface area (Å²) < 4.78 is 11.3. The summed E-state index contributed by atoms with van der Waals surface area (Å²) in [5.41, 5.74) is 8.07. The number of carbonyl (C=O) groups excluding carboxylic acids is 1. The van der Waals surface area contributed by atoms with Crippen molar-refractivity contribution in [2.45, 2.75) is 24.9 Å². The Morgan fingerprint density at radius 2 is 1.46 bits per heavy atom. The monoisotopic (exact) mass is 380 g/mol. The minimum absolute atomic E-state index is 0.0246. The van der Waals surface area contributed by atoms with E-state index in [-0.39, 0.29) is 30.5 Å². The Morgan fingerprint density at radius 3 is 2.07 bits per heavy atom. The molecular weight excluding hydrogens is 356 g/mol. The number of rotatable bonds is 4. The molecule has 2 heterocycles. The molecule has 28 heavy (non-hydrogen) atoms. The van der Waals surface area contributed by atoms with Crippen LogP contribution in [0.15, 0.2) is 53.5 Å². The minimum Gasteiger partial charge on any atom is -0.493 e. The van der Waals surface area contributed by atoms with E-state index in [1.165, 1.54) is 0 Å². The number of para-hydroxylation sites is 2. The molecule has 146 valence electrons. The van der Waals surface area contributed by atoms with Gasteiger partial charge in [-0.2, -0.15) is 0 Å². The molecule has 2 unspecified atom stereocenters. The van der Waals surface area contributed by atoms with Crippen LogP contribution in [0.25, 0.3) is 0 Å². The number of aliphatic imine (C=N–C) groups is 1. The number of nitrogens with zero attached hydrogens (tertiary/aromatic N) is 1. The maximum atomic E-state index is 12.4. The third-order valence-electron chi connectivity index (χ3n) is 4.97. The molecule has 7 heteroatoms. The molecule has 2 aliphatic rings. The van der Waals surface area contributed by atoms with Crippen molar-refractivity contribution in [2.75, 3.05) is 19.8 Å². The second-order valence-electron chi connectivity index (χ2n) is 6.87. The Hall–Kier alpha value is -3.22. The minimum atomic E-state index is -0.168. The third kappa shape index (κ3) is 4.03. The lowest BCUT2D eigenvalue weighted by Gasteiger charge is -2.27. The van der Waals surface area contributed by atoms with Crippen molar-refractivity contribution in [3.05, 3.63) is 59.7 Å². The van der Waals surface area contributed by atoms with Crippen molar-refractivity contribution in [1.29, 1.82) is 0 Å². The number of benzene rings is 2. The lowest BCUT2D eigenvalue weighted by molar-refractivity contribution is -0.120. The highest BCUT2D eigenvalue weighted by atomic mass is 16.5. The number of hydrogen-bond donors (Lipinski definition) is 3. The van der Waals surface area contributed by atoms with Crippen molar-refractivity contribution < 1.29 is 14.3 Å². The predicted molar refractivity (Wildman–Crippen MR) is 106 cm³/mol. The van der Waals surface area contributed by atoms with Crippen LogP contribution in [0.2, 0.25) is 0 Å². The average Bonchev–Trinajstić information content (AvgIpc) is 2.73. The summed E-state index contributed by atoms with van der Waals surface area (Å²) in [5, 5.41) is 6.22. The average molecular weight is 380 g/mol. The molecular formula is C21H24N4O3. The number of ether oxygens (including phenoxy) is 2. The van der Waals surface area contributed by atoms with Crippen LogP contribution < -0.4 is 25.8 Å². The summed E-state index contributed by atoms with van der Waals surface area (Å²) in [6.45, 7) is 1.17. The van der Waals surface area contributed by atoms with E-state index in [9.17, 15) is 4.79 Å². The molecule has 2 aliphatic heterocycles. The van der Waals surface area contributed by atoms with Crippen molar-refractivity contribution in [2.24, 2.45) is 10.7 Å². The van der Waals surface area contributed by atoms with Gasteiger partial charge in [-0.3, -0.25) is 4.79 Å². The van der Waals surface area contributed by atoms with Crippen LogP contribution >= 0.6 is 0 Å². The van der Waals surface area contributed by atoms with Gasteiger partial charge in [0.2, 0.25) is 5.91 Å². The van der Waals surface area contributed by atoms with Crippen molar-refractivity contribution in [1.82, 2.24) is 10.6 Å². The van der Waals surface area contributed by atoms with Crippen LogP contribution in [-0.2, 0) is 4.79 Å². The zero-order valence-electron chi connectivity index (χ0n) is 15.6. The molecule has 2 aromatic rings. The Labute approximate surface area is 163 Å². The SMILES string of the molecule is NC(=NCC(=O)NC1CCOc2ccccc21)NC1CCOc2ccccc21. The van der Waals surface area contributed by atoms with E-state index < -0.39 is 0 Å². The van der Waals surface area contributed by atoms with Crippen LogP contribution in [0.5, 0.6) is 11.5 Å². The molecule has 2 atom stereocenters. The summed E-state index contributed by atoms with van der Waals surface area (Å²) in [6, 6.07) is 15.6. The zero-order valence-corrected chi connectivity index (χ0v) is 15.6. The van der Waals surface area contributed by atoms with Crippen LogP contribution in [-0.4, -0.2) is 31.6 Å². The first-order valence-corrected chi connectivity index (χ1v) is 9.50. The highest BCUT2D eigenvalue weighted by molar-refractivity contribution is 5.84. The number of amides is 1. The van der Waals surface area contributed by atoms with E-state index in [0.717, 1.165) is 35.5 Å². The quantitative estimate of drug-likeness (QED) is 0.557. The molecule has 4 N–H and O–H groups in total. The zero-order chi connectivity index (χ0) is 19.3. The van der Waals surface area contributed by atoms with Gasteiger partial charge in [0.15, 0.2) is 5.96 Å². The number of nitrogens with two attached hydrogens (primary N) is 1. The van der Waals surface area contributed by atoms with Crippen molar-refractivity contribution in [3.8, 4) is 11.5 Å². The van der Waals surface area contributed by atoms with Gasteiger partial charge in [-0.15, -0.1) is 0 Å². The first-order chi connectivity index (χ1) is 13.7. The number of hydrogen-bond acceptors (Lipinski definition) is 4.